The van der Waals surface area contributed by atoms with Gasteiger partial charge in [0.1, 0.15) is 0 Å². The fraction of sp³-hybridized carbons (Fsp3) is 0.304. The molecule has 2 aromatic carbocycles. The Morgan fingerprint density at radius 2 is 1.50 bits per heavy atom. The molecule has 0 aromatic heterocycles. The van der Waals surface area contributed by atoms with E-state index in [0.717, 1.165) is 0 Å². The van der Waals surface area contributed by atoms with Gasteiger partial charge in [0, 0.05) is 36.3 Å². The van der Waals surface area contributed by atoms with Crippen LogP contribution in [0.4, 0.5) is 5.69 Å². The first-order chi connectivity index (χ1) is 15.3. The molecule has 32 heavy (non-hydrogen) atoms. The van der Waals surface area contributed by atoms with Gasteiger partial charge < -0.3 is 25.4 Å². The van der Waals surface area contributed by atoms with E-state index in [-0.39, 0.29) is 24.2 Å². The Hall–Kier alpha value is -3.88. The SMILES string of the molecule is CCC(=O)NCCNC(=O)c1ccc(NC(=O)COc2ccc(C(C)=O)cc2OC)cc1. The molecular weight excluding hydrogens is 414 g/mol. The van der Waals surface area contributed by atoms with Crippen LogP contribution < -0.4 is 25.4 Å². The minimum absolute atomic E-state index is 0.0742. The number of ether oxygens (including phenoxy) is 2. The first-order valence-corrected chi connectivity index (χ1v) is 10.1. The number of hydrogen-bond acceptors (Lipinski definition) is 6. The fourth-order valence-electron chi connectivity index (χ4n) is 2.66. The molecule has 2 rings (SSSR count). The maximum absolute atomic E-state index is 12.2. The third-order valence-electron chi connectivity index (χ3n) is 4.41. The lowest BCUT2D eigenvalue weighted by Crippen LogP contribution is -2.34. The first-order valence-electron chi connectivity index (χ1n) is 10.1. The predicted molar refractivity (Wildman–Crippen MR) is 119 cm³/mol. The Kier molecular flexibility index (Phi) is 9.22. The van der Waals surface area contributed by atoms with Gasteiger partial charge in [0.15, 0.2) is 23.9 Å². The van der Waals surface area contributed by atoms with E-state index in [1.54, 1.807) is 49.4 Å². The van der Waals surface area contributed by atoms with E-state index in [1.165, 1.54) is 14.0 Å². The highest BCUT2D eigenvalue weighted by molar-refractivity contribution is 5.96. The van der Waals surface area contributed by atoms with Gasteiger partial charge in [-0.15, -0.1) is 0 Å². The van der Waals surface area contributed by atoms with Gasteiger partial charge in [0.25, 0.3) is 11.8 Å². The van der Waals surface area contributed by atoms with Crippen LogP contribution >= 0.6 is 0 Å². The normalized spacial score (nSPS) is 10.1. The Morgan fingerprint density at radius 1 is 0.844 bits per heavy atom. The number of rotatable bonds is 11. The molecule has 2 aromatic rings. The van der Waals surface area contributed by atoms with Gasteiger partial charge in [-0.25, -0.2) is 0 Å². The predicted octanol–water partition coefficient (Wildman–Crippen LogP) is 2.17. The largest absolute Gasteiger partial charge is 0.493 e. The van der Waals surface area contributed by atoms with E-state index < -0.39 is 5.91 Å². The van der Waals surface area contributed by atoms with E-state index in [0.29, 0.717) is 47.8 Å². The number of hydrogen-bond donors (Lipinski definition) is 3. The molecule has 170 valence electrons. The van der Waals surface area contributed by atoms with Crippen molar-refractivity contribution in [3.05, 3.63) is 53.6 Å². The highest BCUT2D eigenvalue weighted by atomic mass is 16.5. The summed E-state index contributed by atoms with van der Waals surface area (Å²) in [6, 6.07) is 11.1. The Bertz CT molecular complexity index is 972. The van der Waals surface area contributed by atoms with Crippen LogP contribution in [0, 0.1) is 0 Å². The fourth-order valence-corrected chi connectivity index (χ4v) is 2.66. The molecule has 0 fully saturated rings. The van der Waals surface area contributed by atoms with Gasteiger partial charge in [-0.1, -0.05) is 6.92 Å². The number of benzene rings is 2. The summed E-state index contributed by atoms with van der Waals surface area (Å²) in [4.78, 5) is 46.9. The van der Waals surface area contributed by atoms with E-state index in [1.807, 2.05) is 0 Å². The van der Waals surface area contributed by atoms with Gasteiger partial charge in [0.05, 0.1) is 7.11 Å². The minimum atomic E-state index is -0.397. The average molecular weight is 441 g/mol. The van der Waals surface area contributed by atoms with Crippen molar-refractivity contribution in [2.24, 2.45) is 0 Å². The van der Waals surface area contributed by atoms with Gasteiger partial charge in [0.2, 0.25) is 5.91 Å². The van der Waals surface area contributed by atoms with Crippen LogP contribution in [0.25, 0.3) is 0 Å². The zero-order valence-corrected chi connectivity index (χ0v) is 18.3. The van der Waals surface area contributed by atoms with Crippen molar-refractivity contribution in [3.8, 4) is 11.5 Å². The van der Waals surface area contributed by atoms with Crippen LogP contribution in [0.3, 0.4) is 0 Å². The third-order valence-corrected chi connectivity index (χ3v) is 4.41. The molecule has 0 aliphatic rings. The molecule has 0 radical (unpaired) electrons. The van der Waals surface area contributed by atoms with Crippen molar-refractivity contribution in [2.45, 2.75) is 20.3 Å². The number of carbonyl (C=O) groups excluding carboxylic acids is 4. The molecule has 0 atom stereocenters. The number of amides is 3. The lowest BCUT2D eigenvalue weighted by atomic mass is 10.1. The average Bonchev–Trinajstić information content (AvgIpc) is 2.80. The topological polar surface area (TPSA) is 123 Å². The molecular formula is C23H27N3O6. The van der Waals surface area contributed by atoms with Gasteiger partial charge in [-0.3, -0.25) is 19.2 Å². The summed E-state index contributed by atoms with van der Waals surface area (Å²) >= 11 is 0. The van der Waals surface area contributed by atoms with Crippen molar-refractivity contribution in [1.29, 1.82) is 0 Å². The second-order valence-corrected chi connectivity index (χ2v) is 6.80. The quantitative estimate of drug-likeness (QED) is 0.363. The Morgan fingerprint density at radius 3 is 2.12 bits per heavy atom. The van der Waals surface area contributed by atoms with Crippen LogP contribution in [0.5, 0.6) is 11.5 Å². The highest BCUT2D eigenvalue weighted by Gasteiger charge is 2.11. The zero-order valence-electron chi connectivity index (χ0n) is 18.3. The standard InChI is InChI=1S/C23H27N3O6/c1-4-21(28)24-11-12-25-23(30)16-5-8-18(9-6-16)26-22(29)14-32-19-10-7-17(15(2)27)13-20(19)31-3/h5-10,13H,4,11-12,14H2,1-3H3,(H,24,28)(H,25,30)(H,26,29). The second-order valence-electron chi connectivity index (χ2n) is 6.80. The van der Waals surface area contributed by atoms with Gasteiger partial charge in [-0.05, 0) is 49.4 Å². The van der Waals surface area contributed by atoms with Crippen molar-refractivity contribution < 1.29 is 28.7 Å². The molecule has 3 amide bonds. The van der Waals surface area contributed by atoms with Crippen LogP contribution in [-0.4, -0.2) is 50.3 Å². The molecule has 0 aliphatic heterocycles. The summed E-state index contributed by atoms with van der Waals surface area (Å²) in [5.41, 5.74) is 1.41. The molecule has 0 unspecified atom stereocenters. The van der Waals surface area contributed by atoms with E-state index >= 15 is 0 Å². The van der Waals surface area contributed by atoms with Crippen LogP contribution in [0.1, 0.15) is 41.0 Å². The van der Waals surface area contributed by atoms with Crippen LogP contribution in [0.2, 0.25) is 0 Å². The Balaban J connectivity index is 1.83. The Labute approximate surface area is 186 Å². The minimum Gasteiger partial charge on any atom is -0.493 e. The number of ketones is 1. The third kappa shape index (κ3) is 7.42. The molecule has 0 heterocycles. The number of anilines is 1. The molecule has 9 heteroatoms. The van der Waals surface area contributed by atoms with Crippen molar-refractivity contribution in [1.82, 2.24) is 10.6 Å². The van der Waals surface area contributed by atoms with Crippen molar-refractivity contribution in [3.63, 3.8) is 0 Å². The maximum atomic E-state index is 12.2. The molecule has 0 aliphatic carbocycles. The zero-order chi connectivity index (χ0) is 23.5. The second kappa shape index (κ2) is 12.1. The lowest BCUT2D eigenvalue weighted by Gasteiger charge is -2.12. The number of Topliss-reactive ketones (excluding diaryl/α,β-unsaturated/α-hetero) is 1. The van der Waals surface area contributed by atoms with Gasteiger partial charge in [-0.2, -0.15) is 0 Å². The maximum Gasteiger partial charge on any atom is 0.262 e. The monoisotopic (exact) mass is 441 g/mol. The summed E-state index contributed by atoms with van der Waals surface area (Å²) in [6.45, 7) is 3.61. The molecule has 0 spiro atoms. The molecule has 0 saturated carbocycles. The smallest absolute Gasteiger partial charge is 0.262 e. The molecule has 3 N–H and O–H groups in total. The highest BCUT2D eigenvalue weighted by Crippen LogP contribution is 2.28. The van der Waals surface area contributed by atoms with Crippen molar-refractivity contribution in [2.75, 3.05) is 32.1 Å². The van der Waals surface area contributed by atoms with E-state index in [4.69, 9.17) is 9.47 Å². The summed E-state index contributed by atoms with van der Waals surface area (Å²) in [6.07, 6.45) is 0.395. The first kappa shape index (κ1) is 24.4. The molecule has 9 nitrogen and oxygen atoms in total. The number of nitrogens with one attached hydrogen (secondary N) is 3. The summed E-state index contributed by atoms with van der Waals surface area (Å²) < 4.78 is 10.7. The summed E-state index contributed by atoms with van der Waals surface area (Å²) in [5.74, 6) is -0.155. The van der Waals surface area contributed by atoms with Gasteiger partial charge >= 0.3 is 0 Å². The number of methoxy groups -OCH3 is 1. The molecule has 0 saturated heterocycles. The van der Waals surface area contributed by atoms with Crippen LogP contribution in [-0.2, 0) is 9.59 Å². The van der Waals surface area contributed by atoms with Crippen LogP contribution in [0.15, 0.2) is 42.5 Å². The lowest BCUT2D eigenvalue weighted by molar-refractivity contribution is -0.120. The summed E-state index contributed by atoms with van der Waals surface area (Å²) in [5, 5.41) is 8.06. The van der Waals surface area contributed by atoms with E-state index in [2.05, 4.69) is 16.0 Å². The number of carbonyl (C=O) groups is 4. The molecule has 0 bridgehead atoms. The van der Waals surface area contributed by atoms with Crippen molar-refractivity contribution >= 4 is 29.2 Å². The summed E-state index contributed by atoms with van der Waals surface area (Å²) in [7, 11) is 1.45. The van der Waals surface area contributed by atoms with E-state index in [9.17, 15) is 19.2 Å².